The highest BCUT2D eigenvalue weighted by Crippen LogP contribution is 2.20. The molecule has 2 rings (SSSR count). The van der Waals surface area contributed by atoms with Crippen LogP contribution in [-0.2, 0) is 11.3 Å². The summed E-state index contributed by atoms with van der Waals surface area (Å²) in [6, 6.07) is 14.7. The van der Waals surface area contributed by atoms with Gasteiger partial charge in [-0.05, 0) is 69.2 Å². The minimum Gasteiger partial charge on any atom is -0.494 e. The van der Waals surface area contributed by atoms with Crippen molar-refractivity contribution >= 4 is 6.16 Å². The number of rotatable bonds is 7. The van der Waals surface area contributed by atoms with Crippen LogP contribution in [0, 0.1) is 0 Å². The number of benzene rings is 2. The van der Waals surface area contributed by atoms with Gasteiger partial charge < -0.3 is 18.9 Å². The molecule has 0 saturated heterocycles. The van der Waals surface area contributed by atoms with Crippen LogP contribution in [0.2, 0.25) is 0 Å². The molecule has 0 N–H and O–H groups in total. The van der Waals surface area contributed by atoms with Crippen LogP contribution in [0.4, 0.5) is 4.79 Å². The molecule has 0 aromatic heterocycles. The van der Waals surface area contributed by atoms with Crippen molar-refractivity contribution < 1.29 is 23.7 Å². The van der Waals surface area contributed by atoms with E-state index in [9.17, 15) is 4.79 Å². The summed E-state index contributed by atoms with van der Waals surface area (Å²) in [4.78, 5) is 11.6. The lowest BCUT2D eigenvalue weighted by Crippen LogP contribution is -2.25. The number of hydrogen-bond acceptors (Lipinski definition) is 5. The average molecular weight is 358 g/mol. The van der Waals surface area contributed by atoms with Gasteiger partial charge in [-0.25, -0.2) is 4.79 Å². The standard InChI is InChI=1S/C21H26O5/c1-5-14-23-17-8-6-16(7-9-17)15-24-18-10-12-19(13-11-18)25-20(22)26-21(2,3)4/h6-13H,5,14-15H2,1-4H3. The van der Waals surface area contributed by atoms with Crippen LogP contribution < -0.4 is 14.2 Å². The second kappa shape index (κ2) is 9.13. The molecule has 140 valence electrons. The van der Waals surface area contributed by atoms with E-state index in [1.807, 2.05) is 24.3 Å². The molecule has 2 aromatic carbocycles. The largest absolute Gasteiger partial charge is 0.514 e. The maximum absolute atomic E-state index is 11.6. The summed E-state index contributed by atoms with van der Waals surface area (Å²) in [5.41, 5.74) is 0.458. The quantitative estimate of drug-likeness (QED) is 0.492. The number of carbonyl (C=O) groups is 1. The molecule has 2 aromatic rings. The predicted molar refractivity (Wildman–Crippen MR) is 99.9 cm³/mol. The Morgan fingerprint density at radius 1 is 0.846 bits per heavy atom. The Kier molecular flexibility index (Phi) is 6.89. The Balaban J connectivity index is 1.82. The van der Waals surface area contributed by atoms with E-state index in [1.165, 1.54) is 0 Å². The first kappa shape index (κ1) is 19.6. The molecule has 0 spiro atoms. The molecule has 26 heavy (non-hydrogen) atoms. The summed E-state index contributed by atoms with van der Waals surface area (Å²) in [6.45, 7) is 8.59. The Labute approximate surface area is 154 Å². The van der Waals surface area contributed by atoms with Crippen molar-refractivity contribution in [3.05, 3.63) is 54.1 Å². The highest BCUT2D eigenvalue weighted by Gasteiger charge is 2.17. The molecule has 0 fully saturated rings. The topological polar surface area (TPSA) is 54.0 Å². The van der Waals surface area contributed by atoms with Crippen LogP contribution >= 0.6 is 0 Å². The summed E-state index contributed by atoms with van der Waals surface area (Å²) in [6.07, 6.45) is 0.259. The number of hydrogen-bond donors (Lipinski definition) is 0. The first-order valence-corrected chi connectivity index (χ1v) is 8.71. The van der Waals surface area contributed by atoms with Crippen molar-refractivity contribution in [2.75, 3.05) is 6.61 Å². The van der Waals surface area contributed by atoms with Crippen molar-refractivity contribution in [1.82, 2.24) is 0 Å². The van der Waals surface area contributed by atoms with E-state index in [2.05, 4.69) is 6.92 Å². The van der Waals surface area contributed by atoms with Crippen LogP contribution in [0.5, 0.6) is 17.2 Å². The van der Waals surface area contributed by atoms with Crippen molar-refractivity contribution in [3.8, 4) is 17.2 Å². The average Bonchev–Trinajstić information content (AvgIpc) is 2.58. The molecular formula is C21H26O5. The number of carbonyl (C=O) groups excluding carboxylic acids is 1. The zero-order chi connectivity index (χ0) is 19.0. The molecule has 0 unspecified atom stereocenters. The maximum Gasteiger partial charge on any atom is 0.514 e. The molecule has 0 radical (unpaired) electrons. The molecule has 5 nitrogen and oxygen atoms in total. The van der Waals surface area contributed by atoms with Gasteiger partial charge in [0.05, 0.1) is 6.61 Å². The van der Waals surface area contributed by atoms with Crippen LogP contribution in [0.3, 0.4) is 0 Å². The highest BCUT2D eigenvalue weighted by molar-refractivity contribution is 5.64. The van der Waals surface area contributed by atoms with Crippen LogP contribution in [0.1, 0.15) is 39.7 Å². The maximum atomic E-state index is 11.6. The molecule has 0 atom stereocenters. The van der Waals surface area contributed by atoms with Gasteiger partial charge in [-0.1, -0.05) is 19.1 Å². The molecule has 0 aliphatic rings. The van der Waals surface area contributed by atoms with E-state index in [0.29, 0.717) is 24.7 Å². The molecule has 0 heterocycles. The molecule has 0 aliphatic heterocycles. The monoisotopic (exact) mass is 358 g/mol. The van der Waals surface area contributed by atoms with Gasteiger partial charge in [0, 0.05) is 0 Å². The third-order valence-electron chi connectivity index (χ3n) is 3.22. The fourth-order valence-electron chi connectivity index (χ4n) is 2.04. The van der Waals surface area contributed by atoms with Crippen LogP contribution in [-0.4, -0.2) is 18.4 Å². The third-order valence-corrected chi connectivity index (χ3v) is 3.22. The Bertz CT molecular complexity index is 684. The predicted octanol–water partition coefficient (Wildman–Crippen LogP) is 5.37. The van der Waals surface area contributed by atoms with Gasteiger partial charge in [0.15, 0.2) is 0 Å². The van der Waals surface area contributed by atoms with Crippen molar-refractivity contribution in [2.45, 2.75) is 46.3 Å². The highest BCUT2D eigenvalue weighted by atomic mass is 16.7. The van der Waals surface area contributed by atoms with Gasteiger partial charge in [-0.15, -0.1) is 0 Å². The molecule has 0 saturated carbocycles. The van der Waals surface area contributed by atoms with Crippen molar-refractivity contribution in [3.63, 3.8) is 0 Å². The Morgan fingerprint density at radius 3 is 1.96 bits per heavy atom. The summed E-state index contributed by atoms with van der Waals surface area (Å²) >= 11 is 0. The molecule has 0 bridgehead atoms. The van der Waals surface area contributed by atoms with E-state index in [1.54, 1.807) is 45.0 Å². The summed E-state index contributed by atoms with van der Waals surface area (Å²) in [5, 5.41) is 0. The van der Waals surface area contributed by atoms with Gasteiger partial charge in [0.1, 0.15) is 29.5 Å². The van der Waals surface area contributed by atoms with Gasteiger partial charge in [0.2, 0.25) is 0 Å². The van der Waals surface area contributed by atoms with Crippen molar-refractivity contribution in [2.24, 2.45) is 0 Å². The number of ether oxygens (including phenoxy) is 4. The zero-order valence-corrected chi connectivity index (χ0v) is 15.8. The summed E-state index contributed by atoms with van der Waals surface area (Å²) in [5.74, 6) is 1.95. The second-order valence-corrected chi connectivity index (χ2v) is 6.82. The SMILES string of the molecule is CCCOc1ccc(COc2ccc(OC(=O)OC(C)(C)C)cc2)cc1. The van der Waals surface area contributed by atoms with Gasteiger partial charge in [-0.3, -0.25) is 0 Å². The lowest BCUT2D eigenvalue weighted by Gasteiger charge is -2.18. The molecular weight excluding hydrogens is 332 g/mol. The van der Waals surface area contributed by atoms with Crippen LogP contribution in [0.25, 0.3) is 0 Å². The van der Waals surface area contributed by atoms with E-state index in [4.69, 9.17) is 18.9 Å². The first-order valence-electron chi connectivity index (χ1n) is 8.71. The minimum atomic E-state index is -0.725. The normalized spacial score (nSPS) is 10.9. The molecule has 5 heteroatoms. The fourth-order valence-corrected chi connectivity index (χ4v) is 2.04. The van der Waals surface area contributed by atoms with E-state index in [0.717, 1.165) is 17.7 Å². The Hall–Kier alpha value is -2.69. The van der Waals surface area contributed by atoms with Gasteiger partial charge in [-0.2, -0.15) is 0 Å². The van der Waals surface area contributed by atoms with Gasteiger partial charge >= 0.3 is 6.16 Å². The minimum absolute atomic E-state index is 0.407. The fraction of sp³-hybridized carbons (Fsp3) is 0.381. The van der Waals surface area contributed by atoms with Crippen molar-refractivity contribution in [1.29, 1.82) is 0 Å². The van der Waals surface area contributed by atoms with E-state index >= 15 is 0 Å². The first-order chi connectivity index (χ1) is 12.4. The van der Waals surface area contributed by atoms with E-state index < -0.39 is 11.8 Å². The molecule has 0 amide bonds. The molecule has 0 aliphatic carbocycles. The second-order valence-electron chi connectivity index (χ2n) is 6.82. The van der Waals surface area contributed by atoms with Gasteiger partial charge in [0.25, 0.3) is 0 Å². The lowest BCUT2D eigenvalue weighted by atomic mass is 10.2. The third kappa shape index (κ3) is 7.05. The Morgan fingerprint density at radius 2 is 1.38 bits per heavy atom. The van der Waals surface area contributed by atoms with Crippen LogP contribution in [0.15, 0.2) is 48.5 Å². The smallest absolute Gasteiger partial charge is 0.494 e. The summed E-state index contributed by atoms with van der Waals surface area (Å²) < 4.78 is 21.5. The zero-order valence-electron chi connectivity index (χ0n) is 15.8. The van der Waals surface area contributed by atoms with E-state index in [-0.39, 0.29) is 0 Å². The summed E-state index contributed by atoms with van der Waals surface area (Å²) in [7, 11) is 0. The lowest BCUT2D eigenvalue weighted by molar-refractivity contribution is 0.0206.